The van der Waals surface area contributed by atoms with E-state index in [1.165, 1.54) is 4.68 Å². The third-order valence-electron chi connectivity index (χ3n) is 2.24. The molecule has 0 aliphatic heterocycles. The van der Waals surface area contributed by atoms with Crippen LogP contribution in [0.2, 0.25) is 0 Å². The number of rotatable bonds is 4. The molecule has 0 bridgehead atoms. The maximum atomic E-state index is 11.8. The summed E-state index contributed by atoms with van der Waals surface area (Å²) < 4.78 is 1.52. The molecule has 2 N–H and O–H groups in total. The first kappa shape index (κ1) is 11.7. The second kappa shape index (κ2) is 4.44. The summed E-state index contributed by atoms with van der Waals surface area (Å²) in [5.41, 5.74) is 0.108. The number of aliphatic hydroxyl groups is 1. The zero-order valence-corrected chi connectivity index (χ0v) is 9.32. The van der Waals surface area contributed by atoms with Gasteiger partial charge < -0.3 is 10.4 Å². The van der Waals surface area contributed by atoms with Crippen molar-refractivity contribution in [2.45, 2.75) is 25.8 Å². The summed E-state index contributed by atoms with van der Waals surface area (Å²) in [5.74, 6) is -0.173. The van der Waals surface area contributed by atoms with Crippen molar-refractivity contribution in [3.05, 3.63) is 18.0 Å². The summed E-state index contributed by atoms with van der Waals surface area (Å²) in [4.78, 5) is 11.8. The Morgan fingerprint density at radius 1 is 1.67 bits per heavy atom. The van der Waals surface area contributed by atoms with Crippen molar-refractivity contribution >= 4 is 5.91 Å². The molecule has 0 aliphatic carbocycles. The van der Waals surface area contributed by atoms with Gasteiger partial charge in [0.25, 0.3) is 5.91 Å². The first-order valence-electron chi connectivity index (χ1n) is 4.87. The Morgan fingerprint density at radius 3 is 2.80 bits per heavy atom. The lowest BCUT2D eigenvalue weighted by Crippen LogP contribution is -2.44. The van der Waals surface area contributed by atoms with Crippen LogP contribution in [-0.2, 0) is 7.05 Å². The van der Waals surface area contributed by atoms with Crippen LogP contribution in [0.15, 0.2) is 12.3 Å². The highest BCUT2D eigenvalue weighted by molar-refractivity contribution is 5.92. The first-order valence-corrected chi connectivity index (χ1v) is 4.87. The number of nitrogens with zero attached hydrogens (tertiary/aromatic N) is 2. The second-order valence-electron chi connectivity index (χ2n) is 4.15. The van der Waals surface area contributed by atoms with Crippen molar-refractivity contribution in [2.75, 3.05) is 6.61 Å². The predicted molar refractivity (Wildman–Crippen MR) is 56.5 cm³/mol. The van der Waals surface area contributed by atoms with E-state index in [0.717, 1.165) is 0 Å². The maximum Gasteiger partial charge on any atom is 0.269 e. The third kappa shape index (κ3) is 3.06. The van der Waals surface area contributed by atoms with Crippen LogP contribution in [0, 0.1) is 0 Å². The molecule has 1 aromatic rings. The highest BCUT2D eigenvalue weighted by Gasteiger charge is 2.21. The van der Waals surface area contributed by atoms with Crippen LogP contribution in [0.4, 0.5) is 0 Å². The number of hydrogen-bond acceptors (Lipinski definition) is 3. The summed E-state index contributed by atoms with van der Waals surface area (Å²) in [7, 11) is 1.72. The van der Waals surface area contributed by atoms with Crippen LogP contribution in [0.25, 0.3) is 0 Å². The van der Waals surface area contributed by atoms with E-state index in [9.17, 15) is 4.79 Å². The number of aromatic nitrogens is 2. The van der Waals surface area contributed by atoms with E-state index < -0.39 is 5.54 Å². The minimum absolute atomic E-state index is 0.0542. The van der Waals surface area contributed by atoms with Crippen molar-refractivity contribution < 1.29 is 9.90 Å². The van der Waals surface area contributed by atoms with Crippen molar-refractivity contribution in [3.63, 3.8) is 0 Å². The zero-order valence-electron chi connectivity index (χ0n) is 9.32. The van der Waals surface area contributed by atoms with Gasteiger partial charge in [-0.15, -0.1) is 0 Å². The number of hydrogen-bond donors (Lipinski definition) is 2. The van der Waals surface area contributed by atoms with Gasteiger partial charge in [-0.3, -0.25) is 9.48 Å². The predicted octanol–water partition coefficient (Wildman–Crippen LogP) is 0.311. The third-order valence-corrected chi connectivity index (χ3v) is 2.24. The summed E-state index contributed by atoms with van der Waals surface area (Å²) in [6.07, 6.45) is 2.10. The van der Waals surface area contributed by atoms with Gasteiger partial charge in [-0.05, 0) is 26.3 Å². The van der Waals surface area contributed by atoms with Crippen LogP contribution in [0.1, 0.15) is 30.8 Å². The van der Waals surface area contributed by atoms with Gasteiger partial charge in [0.2, 0.25) is 0 Å². The molecule has 0 aliphatic rings. The van der Waals surface area contributed by atoms with Gasteiger partial charge in [-0.1, -0.05) is 0 Å². The Balaban J connectivity index is 2.68. The standard InChI is InChI=1S/C10H17N3O2/c1-10(2,5-7-14)12-9(15)8-4-6-11-13(8)3/h4,6,14H,5,7H2,1-3H3,(H,12,15). The molecule has 0 saturated heterocycles. The van der Waals surface area contributed by atoms with Gasteiger partial charge in [0.1, 0.15) is 5.69 Å². The molecule has 84 valence electrons. The van der Waals surface area contributed by atoms with Crippen LogP contribution in [0.5, 0.6) is 0 Å². The van der Waals surface area contributed by atoms with Gasteiger partial charge in [-0.25, -0.2) is 0 Å². The second-order valence-corrected chi connectivity index (χ2v) is 4.15. The van der Waals surface area contributed by atoms with E-state index in [-0.39, 0.29) is 12.5 Å². The SMILES string of the molecule is Cn1nccc1C(=O)NC(C)(C)CCO. The summed E-state index contributed by atoms with van der Waals surface area (Å²) in [6, 6.07) is 1.66. The lowest BCUT2D eigenvalue weighted by atomic mass is 10.0. The first-order chi connectivity index (χ1) is 6.96. The fourth-order valence-electron chi connectivity index (χ4n) is 1.31. The fourth-order valence-corrected chi connectivity index (χ4v) is 1.31. The van der Waals surface area contributed by atoms with Gasteiger partial charge >= 0.3 is 0 Å². The molecule has 1 aromatic heterocycles. The molecule has 1 amide bonds. The molecule has 0 atom stereocenters. The van der Waals surface area contributed by atoms with Gasteiger partial charge in [0.15, 0.2) is 0 Å². The smallest absolute Gasteiger partial charge is 0.269 e. The lowest BCUT2D eigenvalue weighted by molar-refractivity contribution is 0.0890. The minimum atomic E-state index is -0.407. The van der Waals surface area contributed by atoms with E-state index in [1.54, 1.807) is 19.3 Å². The highest BCUT2D eigenvalue weighted by Crippen LogP contribution is 2.08. The van der Waals surface area contributed by atoms with Crippen LogP contribution in [-0.4, -0.2) is 32.9 Å². The average Bonchev–Trinajstić information content (AvgIpc) is 2.50. The fraction of sp³-hybridized carbons (Fsp3) is 0.600. The number of aryl methyl sites for hydroxylation is 1. The van der Waals surface area contributed by atoms with Crippen molar-refractivity contribution in [1.29, 1.82) is 0 Å². The monoisotopic (exact) mass is 211 g/mol. The Bertz CT molecular complexity index is 344. The average molecular weight is 211 g/mol. The topological polar surface area (TPSA) is 67.2 Å². The summed E-state index contributed by atoms with van der Waals surface area (Å²) in [5, 5.41) is 15.6. The number of carbonyl (C=O) groups excluding carboxylic acids is 1. The molecular formula is C10H17N3O2. The molecule has 5 nitrogen and oxygen atoms in total. The number of carbonyl (C=O) groups is 1. The minimum Gasteiger partial charge on any atom is -0.396 e. The number of aliphatic hydroxyl groups excluding tert-OH is 1. The molecule has 0 saturated carbocycles. The van der Waals surface area contributed by atoms with Crippen LogP contribution >= 0.6 is 0 Å². The quantitative estimate of drug-likeness (QED) is 0.753. The lowest BCUT2D eigenvalue weighted by Gasteiger charge is -2.25. The van der Waals surface area contributed by atoms with Gasteiger partial charge in [0, 0.05) is 25.4 Å². The van der Waals surface area contributed by atoms with E-state index in [2.05, 4.69) is 10.4 Å². The maximum absolute atomic E-state index is 11.8. The molecule has 0 fully saturated rings. The molecule has 5 heteroatoms. The molecule has 0 aromatic carbocycles. The van der Waals surface area contributed by atoms with E-state index in [1.807, 2.05) is 13.8 Å². The Kier molecular flexibility index (Phi) is 3.47. The van der Waals surface area contributed by atoms with E-state index in [4.69, 9.17) is 5.11 Å². The van der Waals surface area contributed by atoms with E-state index >= 15 is 0 Å². The molecule has 1 rings (SSSR count). The molecule has 0 unspecified atom stereocenters. The molecular weight excluding hydrogens is 194 g/mol. The molecule has 1 heterocycles. The van der Waals surface area contributed by atoms with Crippen molar-refractivity contribution in [1.82, 2.24) is 15.1 Å². The Hall–Kier alpha value is -1.36. The largest absolute Gasteiger partial charge is 0.396 e. The van der Waals surface area contributed by atoms with Crippen LogP contribution in [0.3, 0.4) is 0 Å². The summed E-state index contributed by atoms with van der Waals surface area (Å²) >= 11 is 0. The number of amides is 1. The van der Waals surface area contributed by atoms with Gasteiger partial charge in [0.05, 0.1) is 0 Å². The zero-order chi connectivity index (χ0) is 11.5. The van der Waals surface area contributed by atoms with Gasteiger partial charge in [-0.2, -0.15) is 5.10 Å². The Morgan fingerprint density at radius 2 is 2.33 bits per heavy atom. The van der Waals surface area contributed by atoms with Crippen molar-refractivity contribution in [3.8, 4) is 0 Å². The molecule has 0 radical (unpaired) electrons. The van der Waals surface area contributed by atoms with E-state index in [0.29, 0.717) is 12.1 Å². The molecule has 0 spiro atoms. The van der Waals surface area contributed by atoms with Crippen LogP contribution < -0.4 is 5.32 Å². The Labute approximate surface area is 89.1 Å². The highest BCUT2D eigenvalue weighted by atomic mass is 16.3. The molecule has 15 heavy (non-hydrogen) atoms. The number of nitrogens with one attached hydrogen (secondary N) is 1. The normalized spacial score (nSPS) is 11.5. The summed E-state index contributed by atoms with van der Waals surface area (Å²) in [6.45, 7) is 3.80. The van der Waals surface area contributed by atoms with Crippen molar-refractivity contribution in [2.24, 2.45) is 7.05 Å².